The highest BCUT2D eigenvalue weighted by molar-refractivity contribution is 7.89. The molecular weight excluding hydrogens is 545 g/mol. The quantitative estimate of drug-likeness (QED) is 0.397. The second-order valence-corrected chi connectivity index (χ2v) is 12.7. The van der Waals surface area contributed by atoms with Crippen LogP contribution in [0.15, 0.2) is 70.5 Å². The lowest BCUT2D eigenvalue weighted by Gasteiger charge is -2.22. The van der Waals surface area contributed by atoms with Crippen LogP contribution in [0.5, 0.6) is 0 Å². The molecule has 3 aromatic rings. The molecule has 0 spiro atoms. The van der Waals surface area contributed by atoms with E-state index in [2.05, 4.69) is 10.0 Å². The molecule has 0 heterocycles. The van der Waals surface area contributed by atoms with E-state index >= 15 is 0 Å². The van der Waals surface area contributed by atoms with Crippen LogP contribution in [0, 0.1) is 13.8 Å². The van der Waals surface area contributed by atoms with E-state index < -0.39 is 32.5 Å². The second-order valence-electron chi connectivity index (χ2n) is 8.07. The average Bonchev–Trinajstić information content (AvgIpc) is 2.82. The fourth-order valence-corrected chi connectivity index (χ4v) is 5.76. The molecule has 3 rings (SSSR count). The molecule has 3 aromatic carbocycles. The number of hydrogen-bond donors (Lipinski definition) is 2. The lowest BCUT2D eigenvalue weighted by Crippen LogP contribution is -2.37. The topological polar surface area (TPSA) is 113 Å². The molecule has 0 bridgehead atoms. The molecule has 0 saturated carbocycles. The summed E-state index contributed by atoms with van der Waals surface area (Å²) in [4.78, 5) is 13.0. The Morgan fingerprint density at radius 1 is 0.861 bits per heavy atom. The first-order valence-electron chi connectivity index (χ1n) is 10.7. The van der Waals surface area contributed by atoms with E-state index in [4.69, 9.17) is 23.2 Å². The molecule has 0 aliphatic heterocycles. The van der Waals surface area contributed by atoms with E-state index in [-0.39, 0.29) is 27.0 Å². The first-order chi connectivity index (χ1) is 16.8. The van der Waals surface area contributed by atoms with E-state index in [0.717, 1.165) is 9.87 Å². The van der Waals surface area contributed by atoms with Crippen molar-refractivity contribution in [1.82, 2.24) is 9.03 Å². The Labute approximate surface area is 221 Å². The van der Waals surface area contributed by atoms with Crippen LogP contribution in [-0.2, 0) is 31.4 Å². The summed E-state index contributed by atoms with van der Waals surface area (Å²) in [6.07, 6.45) is 0. The predicted octanol–water partition coefficient (Wildman–Crippen LogP) is 4.35. The van der Waals surface area contributed by atoms with Gasteiger partial charge in [-0.2, -0.15) is 4.31 Å². The molecule has 0 aliphatic carbocycles. The molecular formula is C24H25Cl2N3O5S2. The second kappa shape index (κ2) is 11.3. The Morgan fingerprint density at radius 2 is 1.50 bits per heavy atom. The molecule has 0 aliphatic rings. The van der Waals surface area contributed by atoms with Gasteiger partial charge < -0.3 is 5.32 Å². The number of nitrogens with one attached hydrogen (secondary N) is 2. The van der Waals surface area contributed by atoms with Crippen molar-refractivity contribution in [2.45, 2.75) is 30.2 Å². The fourth-order valence-electron chi connectivity index (χ4n) is 3.30. The van der Waals surface area contributed by atoms with E-state index in [9.17, 15) is 21.6 Å². The van der Waals surface area contributed by atoms with Crippen LogP contribution >= 0.6 is 23.2 Å². The molecule has 0 atom stereocenters. The number of anilines is 1. The van der Waals surface area contributed by atoms with Crippen LogP contribution < -0.4 is 10.0 Å². The van der Waals surface area contributed by atoms with Crippen LogP contribution in [0.3, 0.4) is 0 Å². The minimum absolute atomic E-state index is 0.0271. The minimum atomic E-state index is -4.08. The Balaban J connectivity index is 1.94. The summed E-state index contributed by atoms with van der Waals surface area (Å²) in [6.45, 7) is 2.86. The number of aryl methyl sites for hydroxylation is 2. The number of hydrogen-bond acceptors (Lipinski definition) is 5. The Bertz CT molecular complexity index is 1490. The zero-order valence-electron chi connectivity index (χ0n) is 19.7. The zero-order valence-corrected chi connectivity index (χ0v) is 22.9. The van der Waals surface area contributed by atoms with Gasteiger partial charge in [0.2, 0.25) is 26.0 Å². The van der Waals surface area contributed by atoms with E-state index in [1.54, 1.807) is 37.3 Å². The maximum absolute atomic E-state index is 13.5. The number of benzene rings is 3. The lowest BCUT2D eigenvalue weighted by atomic mass is 10.2. The molecule has 192 valence electrons. The average molecular weight is 571 g/mol. The molecule has 2 N–H and O–H groups in total. The van der Waals surface area contributed by atoms with Crippen LogP contribution in [0.4, 0.5) is 5.69 Å². The SMILES string of the molecule is CNS(=O)(=O)c1ccc(C)c(NC(=O)CN(Cc2ccc(Cl)c(Cl)c2)S(=O)(=O)c2ccc(C)cc2)c1. The highest BCUT2D eigenvalue weighted by Crippen LogP contribution is 2.26. The molecule has 12 heteroatoms. The highest BCUT2D eigenvalue weighted by Gasteiger charge is 2.27. The van der Waals surface area contributed by atoms with Gasteiger partial charge in [-0.25, -0.2) is 21.6 Å². The van der Waals surface area contributed by atoms with Gasteiger partial charge in [0.1, 0.15) is 0 Å². The maximum atomic E-state index is 13.5. The third-order valence-electron chi connectivity index (χ3n) is 5.38. The van der Waals surface area contributed by atoms with Crippen LogP contribution in [-0.4, -0.2) is 40.6 Å². The first kappa shape index (κ1) is 28.1. The number of sulfonamides is 2. The molecule has 0 radical (unpaired) electrons. The molecule has 8 nitrogen and oxygen atoms in total. The van der Waals surface area contributed by atoms with Crippen molar-refractivity contribution in [2.75, 3.05) is 18.9 Å². The Morgan fingerprint density at radius 3 is 2.11 bits per heavy atom. The van der Waals surface area contributed by atoms with Gasteiger partial charge in [0.15, 0.2) is 0 Å². The normalized spacial score (nSPS) is 12.1. The van der Waals surface area contributed by atoms with Gasteiger partial charge in [-0.1, -0.05) is 53.0 Å². The molecule has 36 heavy (non-hydrogen) atoms. The van der Waals surface area contributed by atoms with Gasteiger partial charge in [-0.05, 0) is 68.4 Å². The summed E-state index contributed by atoms with van der Waals surface area (Å²) < 4.78 is 54.5. The molecule has 0 saturated heterocycles. The van der Waals surface area contributed by atoms with Crippen molar-refractivity contribution < 1.29 is 21.6 Å². The van der Waals surface area contributed by atoms with E-state index in [0.29, 0.717) is 16.1 Å². The van der Waals surface area contributed by atoms with Crippen molar-refractivity contribution in [2.24, 2.45) is 0 Å². The molecule has 0 aromatic heterocycles. The van der Waals surface area contributed by atoms with Crippen LogP contribution in [0.2, 0.25) is 10.0 Å². The third-order valence-corrected chi connectivity index (χ3v) is 9.34. The van der Waals surface area contributed by atoms with Crippen molar-refractivity contribution >= 4 is 54.8 Å². The Kier molecular flexibility index (Phi) is 8.81. The largest absolute Gasteiger partial charge is 0.325 e. The maximum Gasteiger partial charge on any atom is 0.243 e. The third kappa shape index (κ3) is 6.64. The summed E-state index contributed by atoms with van der Waals surface area (Å²) in [5.41, 5.74) is 2.27. The monoisotopic (exact) mass is 569 g/mol. The summed E-state index contributed by atoms with van der Waals surface area (Å²) in [7, 11) is -6.54. The lowest BCUT2D eigenvalue weighted by molar-refractivity contribution is -0.116. The number of rotatable bonds is 9. The number of nitrogens with zero attached hydrogens (tertiary/aromatic N) is 1. The van der Waals surface area contributed by atoms with Crippen molar-refractivity contribution in [3.63, 3.8) is 0 Å². The van der Waals surface area contributed by atoms with Gasteiger partial charge in [-0.3, -0.25) is 4.79 Å². The van der Waals surface area contributed by atoms with Crippen molar-refractivity contribution in [3.05, 3.63) is 87.4 Å². The minimum Gasteiger partial charge on any atom is -0.325 e. The zero-order chi connectivity index (χ0) is 26.7. The van der Waals surface area contributed by atoms with Gasteiger partial charge in [0, 0.05) is 12.2 Å². The van der Waals surface area contributed by atoms with E-state index in [1.165, 1.54) is 37.4 Å². The number of carbonyl (C=O) groups is 1. The summed E-state index contributed by atoms with van der Waals surface area (Å²) in [6, 6.07) is 15.3. The summed E-state index contributed by atoms with van der Waals surface area (Å²) in [5, 5.41) is 3.20. The molecule has 1 amide bonds. The van der Waals surface area contributed by atoms with Gasteiger partial charge in [-0.15, -0.1) is 0 Å². The number of amides is 1. The van der Waals surface area contributed by atoms with Gasteiger partial charge in [0.25, 0.3) is 0 Å². The molecule has 0 unspecified atom stereocenters. The van der Waals surface area contributed by atoms with E-state index in [1.807, 2.05) is 6.92 Å². The van der Waals surface area contributed by atoms with Crippen molar-refractivity contribution in [3.8, 4) is 0 Å². The first-order valence-corrected chi connectivity index (χ1v) is 14.4. The number of carbonyl (C=O) groups excluding carboxylic acids is 1. The highest BCUT2D eigenvalue weighted by atomic mass is 35.5. The summed E-state index contributed by atoms with van der Waals surface area (Å²) >= 11 is 12.1. The van der Waals surface area contributed by atoms with Gasteiger partial charge >= 0.3 is 0 Å². The predicted molar refractivity (Wildman–Crippen MR) is 141 cm³/mol. The van der Waals surface area contributed by atoms with Crippen LogP contribution in [0.1, 0.15) is 16.7 Å². The number of halogens is 2. The summed E-state index contributed by atoms with van der Waals surface area (Å²) in [5.74, 6) is -0.646. The Hall–Kier alpha value is -2.47. The van der Waals surface area contributed by atoms with Crippen LogP contribution in [0.25, 0.3) is 0 Å². The van der Waals surface area contributed by atoms with Gasteiger partial charge in [0.05, 0.1) is 26.4 Å². The smallest absolute Gasteiger partial charge is 0.243 e. The molecule has 0 fully saturated rings. The fraction of sp³-hybridized carbons (Fsp3) is 0.208. The van der Waals surface area contributed by atoms with Crippen molar-refractivity contribution in [1.29, 1.82) is 0 Å². The standard InChI is InChI=1S/C24H25Cl2N3O5S2/c1-16-4-8-19(9-5-16)36(33,34)29(14-18-7-11-21(25)22(26)12-18)15-24(30)28-23-13-20(10-6-17(23)2)35(31,32)27-3/h4-13,27H,14-15H2,1-3H3,(H,28,30).